The number of halogens is 1. The number of nitrogens with one attached hydrogen (secondary N) is 1. The van der Waals surface area contributed by atoms with Crippen LogP contribution in [0.2, 0.25) is 0 Å². The zero-order chi connectivity index (χ0) is 20.5. The molecule has 1 N–H and O–H groups in total. The lowest BCUT2D eigenvalue weighted by Crippen LogP contribution is -2.25. The van der Waals surface area contributed by atoms with Gasteiger partial charge in [-0.15, -0.1) is 6.58 Å². The van der Waals surface area contributed by atoms with Gasteiger partial charge in [0.15, 0.2) is 0 Å². The molecular formula is C23H22FN3O2. The highest BCUT2D eigenvalue weighted by atomic mass is 19.1. The fourth-order valence-corrected chi connectivity index (χ4v) is 2.83. The lowest BCUT2D eigenvalue weighted by molar-refractivity contribution is 0.192. The molecule has 0 saturated heterocycles. The van der Waals surface area contributed by atoms with Crippen LogP contribution in [0, 0.1) is 0 Å². The summed E-state index contributed by atoms with van der Waals surface area (Å²) in [6, 6.07) is 16.6. The van der Waals surface area contributed by atoms with Gasteiger partial charge in [0, 0.05) is 18.7 Å². The maximum absolute atomic E-state index is 12.9. The van der Waals surface area contributed by atoms with Gasteiger partial charge >= 0.3 is 0 Å². The Kier molecular flexibility index (Phi) is 6.95. The zero-order valence-electron chi connectivity index (χ0n) is 15.9. The first kappa shape index (κ1) is 20.1. The second kappa shape index (κ2) is 10.0. The van der Waals surface area contributed by atoms with Gasteiger partial charge < -0.3 is 10.1 Å². The van der Waals surface area contributed by atoms with Crippen molar-refractivity contribution in [3.05, 3.63) is 95.4 Å². The van der Waals surface area contributed by atoms with Crippen molar-refractivity contribution in [3.8, 4) is 17.1 Å². The van der Waals surface area contributed by atoms with Crippen molar-refractivity contribution in [1.82, 2.24) is 9.55 Å². The molecule has 0 radical (unpaired) electrons. The molecule has 5 nitrogen and oxygen atoms in total. The Bertz CT molecular complexity index is 1030. The first-order chi connectivity index (χ1) is 14.2. The van der Waals surface area contributed by atoms with Crippen molar-refractivity contribution in [2.45, 2.75) is 6.54 Å². The van der Waals surface area contributed by atoms with Crippen LogP contribution in [-0.4, -0.2) is 23.0 Å². The van der Waals surface area contributed by atoms with Gasteiger partial charge in [-0.3, -0.25) is 9.36 Å². The smallest absolute Gasteiger partial charge is 0.277 e. The Morgan fingerprint density at radius 2 is 1.90 bits per heavy atom. The molecule has 3 rings (SSSR count). The van der Waals surface area contributed by atoms with E-state index in [9.17, 15) is 9.18 Å². The predicted molar refractivity (Wildman–Crippen MR) is 115 cm³/mol. The number of benzene rings is 2. The van der Waals surface area contributed by atoms with E-state index in [0.717, 1.165) is 11.1 Å². The summed E-state index contributed by atoms with van der Waals surface area (Å²) in [6.07, 6.45) is 7.03. The number of hydrogen-bond donors (Lipinski definition) is 1. The van der Waals surface area contributed by atoms with Gasteiger partial charge in [-0.25, -0.2) is 9.37 Å². The van der Waals surface area contributed by atoms with Crippen molar-refractivity contribution < 1.29 is 9.13 Å². The molecule has 0 spiro atoms. The Hall–Kier alpha value is -3.67. The fourth-order valence-electron chi connectivity index (χ4n) is 2.83. The van der Waals surface area contributed by atoms with E-state index in [0.29, 0.717) is 30.4 Å². The lowest BCUT2D eigenvalue weighted by Gasteiger charge is -2.12. The number of rotatable bonds is 9. The van der Waals surface area contributed by atoms with E-state index in [4.69, 9.17) is 4.74 Å². The predicted octanol–water partition coefficient (Wildman–Crippen LogP) is 4.53. The summed E-state index contributed by atoms with van der Waals surface area (Å²) in [5.74, 6) is 1.09. The highest BCUT2D eigenvalue weighted by Gasteiger charge is 2.10. The first-order valence-electron chi connectivity index (χ1n) is 9.18. The topological polar surface area (TPSA) is 56.1 Å². The van der Waals surface area contributed by atoms with Crippen molar-refractivity contribution in [3.63, 3.8) is 0 Å². The molecule has 0 aliphatic heterocycles. The summed E-state index contributed by atoms with van der Waals surface area (Å²) >= 11 is 0. The summed E-state index contributed by atoms with van der Waals surface area (Å²) in [4.78, 5) is 17.3. The van der Waals surface area contributed by atoms with Gasteiger partial charge in [-0.2, -0.15) is 0 Å². The number of aromatic nitrogens is 2. The Morgan fingerprint density at radius 1 is 1.14 bits per heavy atom. The maximum Gasteiger partial charge on any atom is 0.277 e. The minimum atomic E-state index is -0.848. The normalized spacial score (nSPS) is 10.8. The van der Waals surface area contributed by atoms with Gasteiger partial charge in [-0.1, -0.05) is 60.7 Å². The highest BCUT2D eigenvalue weighted by molar-refractivity contribution is 5.57. The number of alkyl halides is 1. The number of hydrogen-bond acceptors (Lipinski definition) is 4. The Balaban J connectivity index is 1.71. The molecule has 3 aromatic rings. The van der Waals surface area contributed by atoms with E-state index in [2.05, 4.69) is 16.9 Å². The second-order valence-electron chi connectivity index (χ2n) is 6.17. The molecule has 148 valence electrons. The lowest BCUT2D eigenvalue weighted by atomic mass is 10.2. The third-order valence-electron chi connectivity index (χ3n) is 4.21. The summed E-state index contributed by atoms with van der Waals surface area (Å²) < 4.78 is 18.5. The van der Waals surface area contributed by atoms with E-state index in [1.54, 1.807) is 29.0 Å². The minimum absolute atomic E-state index is 0.153. The van der Waals surface area contributed by atoms with Crippen LogP contribution in [0.3, 0.4) is 0 Å². The summed E-state index contributed by atoms with van der Waals surface area (Å²) in [5.41, 5.74) is 2.08. The molecule has 6 heteroatoms. The summed E-state index contributed by atoms with van der Waals surface area (Å²) in [6.45, 7) is 3.72. The van der Waals surface area contributed by atoms with Crippen LogP contribution in [-0.2, 0) is 6.54 Å². The summed E-state index contributed by atoms with van der Waals surface area (Å²) in [7, 11) is 0. The number of anilines is 1. The van der Waals surface area contributed by atoms with Crippen molar-refractivity contribution in [2.75, 3.05) is 18.7 Å². The number of allylic oxidation sites excluding steroid dienone is 1. The van der Waals surface area contributed by atoms with E-state index < -0.39 is 6.86 Å². The van der Waals surface area contributed by atoms with Gasteiger partial charge in [0.1, 0.15) is 17.3 Å². The molecule has 1 heterocycles. The average molecular weight is 391 g/mol. The van der Waals surface area contributed by atoms with E-state index in [1.807, 2.05) is 54.6 Å². The summed E-state index contributed by atoms with van der Waals surface area (Å²) in [5, 5.41) is 3.10. The van der Waals surface area contributed by atoms with Crippen LogP contribution in [0.1, 0.15) is 5.56 Å². The Morgan fingerprint density at radius 3 is 2.59 bits per heavy atom. The van der Waals surface area contributed by atoms with Gasteiger partial charge in [0.2, 0.25) is 6.86 Å². The van der Waals surface area contributed by atoms with Crippen LogP contribution >= 0.6 is 0 Å². The van der Waals surface area contributed by atoms with Crippen LogP contribution in [0.25, 0.3) is 17.5 Å². The standard InChI is InChI=1S/C23H22FN3O2/c1-2-15-27-22(19-8-4-3-5-9-19)26-16-21(23(27)28)25-14-6-7-18-10-12-20(13-11-18)29-17-24/h2-13,16,25H,1,14-15,17H2/b7-6+. The molecule has 0 aliphatic carbocycles. The molecule has 0 unspecified atom stereocenters. The minimum Gasteiger partial charge on any atom is -0.463 e. The van der Waals surface area contributed by atoms with Gasteiger partial charge in [0.25, 0.3) is 5.56 Å². The largest absolute Gasteiger partial charge is 0.463 e. The third kappa shape index (κ3) is 5.19. The number of nitrogens with zero attached hydrogens (tertiary/aromatic N) is 2. The third-order valence-corrected chi connectivity index (χ3v) is 4.21. The Labute approximate surface area is 168 Å². The van der Waals surface area contributed by atoms with Crippen LogP contribution in [0.4, 0.5) is 10.1 Å². The van der Waals surface area contributed by atoms with Gasteiger partial charge in [0.05, 0.1) is 6.20 Å². The highest BCUT2D eigenvalue weighted by Crippen LogP contribution is 2.16. The van der Waals surface area contributed by atoms with Crippen molar-refractivity contribution >= 4 is 11.8 Å². The molecule has 0 bridgehead atoms. The van der Waals surface area contributed by atoms with Crippen LogP contribution < -0.4 is 15.6 Å². The van der Waals surface area contributed by atoms with Gasteiger partial charge in [-0.05, 0) is 17.7 Å². The molecule has 2 aromatic carbocycles. The molecule has 29 heavy (non-hydrogen) atoms. The zero-order valence-corrected chi connectivity index (χ0v) is 15.9. The molecular weight excluding hydrogens is 369 g/mol. The number of ether oxygens (including phenoxy) is 1. The quantitative estimate of drug-likeness (QED) is 0.545. The van der Waals surface area contributed by atoms with Crippen molar-refractivity contribution in [2.24, 2.45) is 0 Å². The molecule has 0 aliphatic rings. The SMILES string of the molecule is C=CCn1c(-c2ccccc2)ncc(NC/C=C/c2ccc(OCF)cc2)c1=O. The second-order valence-corrected chi connectivity index (χ2v) is 6.17. The molecule has 1 aromatic heterocycles. The first-order valence-corrected chi connectivity index (χ1v) is 9.18. The monoisotopic (exact) mass is 391 g/mol. The average Bonchev–Trinajstić information content (AvgIpc) is 2.75. The molecule has 0 saturated carbocycles. The maximum atomic E-state index is 12.9. The molecule has 0 amide bonds. The van der Waals surface area contributed by atoms with E-state index in [1.165, 1.54) is 0 Å². The van der Waals surface area contributed by atoms with Crippen molar-refractivity contribution in [1.29, 1.82) is 0 Å². The van der Waals surface area contributed by atoms with E-state index in [-0.39, 0.29) is 5.56 Å². The van der Waals surface area contributed by atoms with Crippen LogP contribution in [0.5, 0.6) is 5.75 Å². The van der Waals surface area contributed by atoms with E-state index >= 15 is 0 Å². The molecule has 0 fully saturated rings. The fraction of sp³-hybridized carbons (Fsp3) is 0.130. The van der Waals surface area contributed by atoms with Crippen LogP contribution in [0.15, 0.2) is 84.3 Å². The molecule has 0 atom stereocenters.